The molecule has 5 rings (SSSR count). The highest BCUT2D eigenvalue weighted by atomic mass is 35.5. The molecule has 0 saturated heterocycles. The van der Waals surface area contributed by atoms with Gasteiger partial charge >= 0.3 is 6.09 Å². The number of halogens is 2. The molecule has 5 N–H and O–H groups in total. The van der Waals surface area contributed by atoms with Gasteiger partial charge in [-0.2, -0.15) is 0 Å². The molecule has 3 heterocycles. The number of aromatic nitrogens is 2. The predicted octanol–water partition coefficient (Wildman–Crippen LogP) is 4.40. The Morgan fingerprint density at radius 2 is 2.14 bits per heavy atom. The van der Waals surface area contributed by atoms with Crippen LogP contribution in [-0.4, -0.2) is 46.0 Å². The number of nitrogens with zero attached hydrogens (tertiary/aromatic N) is 2. The molecule has 1 fully saturated rings. The lowest BCUT2D eigenvalue weighted by atomic mass is 9.97. The molecule has 1 saturated carbocycles. The summed E-state index contributed by atoms with van der Waals surface area (Å²) >= 11 is 0. The molecule has 0 radical (unpaired) electrons. The minimum atomic E-state index is -0.824. The average molecular weight is 504 g/mol. The summed E-state index contributed by atoms with van der Waals surface area (Å²) in [5.74, 6) is 0.165. The van der Waals surface area contributed by atoms with Gasteiger partial charge in [0.2, 0.25) is 5.88 Å². The Balaban J connectivity index is 0.00000289. The normalized spacial score (nSPS) is 20.9. The minimum absolute atomic E-state index is 0. The molecular weight excluding hydrogens is 477 g/mol. The smallest absolute Gasteiger partial charge is 0.413 e. The Morgan fingerprint density at radius 3 is 2.89 bits per heavy atom. The van der Waals surface area contributed by atoms with Crippen LogP contribution in [0.2, 0.25) is 0 Å². The van der Waals surface area contributed by atoms with Crippen molar-refractivity contribution in [2.24, 2.45) is 0 Å². The van der Waals surface area contributed by atoms with E-state index in [4.69, 9.17) is 15.2 Å². The highest BCUT2D eigenvalue weighted by Crippen LogP contribution is 2.39. The molecule has 11 heteroatoms. The zero-order valence-corrected chi connectivity index (χ0v) is 20.2. The average Bonchev–Trinajstić information content (AvgIpc) is 3.14. The monoisotopic (exact) mass is 503 g/mol. The molecule has 1 amide bonds. The molecule has 0 spiro atoms. The number of pyridine rings is 2. The van der Waals surface area contributed by atoms with Crippen LogP contribution < -0.4 is 21.1 Å². The van der Waals surface area contributed by atoms with E-state index in [-0.39, 0.29) is 35.6 Å². The van der Waals surface area contributed by atoms with Crippen molar-refractivity contribution in [2.75, 3.05) is 29.5 Å². The summed E-state index contributed by atoms with van der Waals surface area (Å²) in [5.41, 5.74) is 7.66. The number of anilines is 3. The molecule has 0 unspecified atom stereocenters. The summed E-state index contributed by atoms with van der Waals surface area (Å²) in [5, 5.41) is 16.9. The number of carbonyl (C=O) groups is 1. The minimum Gasteiger partial charge on any atom is -0.474 e. The molecule has 2 aromatic heterocycles. The molecule has 9 nitrogen and oxygen atoms in total. The van der Waals surface area contributed by atoms with Crippen molar-refractivity contribution >= 4 is 46.5 Å². The van der Waals surface area contributed by atoms with Crippen LogP contribution in [0, 0.1) is 12.7 Å². The number of fused-ring (bicyclic) bond motifs is 2. The van der Waals surface area contributed by atoms with Gasteiger partial charge in [0.05, 0.1) is 11.3 Å². The maximum absolute atomic E-state index is 15.3. The Kier molecular flexibility index (Phi) is 6.61. The molecule has 186 valence electrons. The van der Waals surface area contributed by atoms with Crippen LogP contribution in [0.15, 0.2) is 24.5 Å². The molecule has 2 aliphatic rings. The van der Waals surface area contributed by atoms with Crippen LogP contribution in [0.25, 0.3) is 21.9 Å². The van der Waals surface area contributed by atoms with Crippen LogP contribution in [0.3, 0.4) is 0 Å². The molecule has 1 aliphatic heterocycles. The molecule has 0 bridgehead atoms. The number of amides is 1. The van der Waals surface area contributed by atoms with E-state index in [0.717, 1.165) is 11.3 Å². The zero-order valence-electron chi connectivity index (χ0n) is 19.4. The van der Waals surface area contributed by atoms with E-state index in [9.17, 15) is 9.90 Å². The summed E-state index contributed by atoms with van der Waals surface area (Å²) in [4.78, 5) is 20.8. The lowest BCUT2D eigenvalue weighted by Crippen LogP contribution is -2.24. The SMILES string of the molecule is Cc1c(-c2cc3cc(NC(=O)O[C@@H]4CC[C@](C)(O)C4)ncc3c(N)c2F)cnc2c1NCCO2.Cl. The van der Waals surface area contributed by atoms with Gasteiger partial charge < -0.3 is 25.6 Å². The Bertz CT molecular complexity index is 1300. The summed E-state index contributed by atoms with van der Waals surface area (Å²) in [6.07, 6.45) is 3.53. The number of nitrogens with two attached hydrogens (primary N) is 1. The van der Waals surface area contributed by atoms with Gasteiger partial charge in [-0.3, -0.25) is 5.32 Å². The topological polar surface area (TPSA) is 132 Å². The maximum Gasteiger partial charge on any atom is 0.413 e. The van der Waals surface area contributed by atoms with Crippen molar-refractivity contribution < 1.29 is 23.8 Å². The predicted molar refractivity (Wildman–Crippen MR) is 134 cm³/mol. The molecule has 35 heavy (non-hydrogen) atoms. The Morgan fingerprint density at radius 1 is 1.34 bits per heavy atom. The number of carbonyl (C=O) groups excluding carboxylic acids is 1. The number of nitrogen functional groups attached to an aromatic ring is 1. The quantitative estimate of drug-likeness (QED) is 0.386. The first-order valence-corrected chi connectivity index (χ1v) is 11.2. The van der Waals surface area contributed by atoms with Crippen LogP contribution in [-0.2, 0) is 4.74 Å². The van der Waals surface area contributed by atoms with Gasteiger partial charge in [-0.25, -0.2) is 19.2 Å². The van der Waals surface area contributed by atoms with E-state index in [1.54, 1.807) is 25.3 Å². The van der Waals surface area contributed by atoms with Gasteiger partial charge in [-0.05, 0) is 49.8 Å². The molecule has 1 aromatic carbocycles. The van der Waals surface area contributed by atoms with E-state index < -0.39 is 17.5 Å². The number of hydrogen-bond acceptors (Lipinski definition) is 8. The van der Waals surface area contributed by atoms with E-state index in [2.05, 4.69) is 20.6 Å². The molecular formula is C24H27ClFN5O4. The van der Waals surface area contributed by atoms with E-state index >= 15 is 4.39 Å². The van der Waals surface area contributed by atoms with Crippen LogP contribution >= 0.6 is 12.4 Å². The highest BCUT2D eigenvalue weighted by molar-refractivity contribution is 5.99. The third kappa shape index (κ3) is 4.76. The first-order valence-electron chi connectivity index (χ1n) is 11.2. The fourth-order valence-electron chi connectivity index (χ4n) is 4.61. The number of hydrogen-bond donors (Lipinski definition) is 4. The first-order chi connectivity index (χ1) is 16.2. The van der Waals surface area contributed by atoms with Crippen molar-refractivity contribution in [3.8, 4) is 17.0 Å². The van der Waals surface area contributed by atoms with Gasteiger partial charge in [0.25, 0.3) is 0 Å². The summed E-state index contributed by atoms with van der Waals surface area (Å²) in [7, 11) is 0. The second kappa shape index (κ2) is 9.35. The highest BCUT2D eigenvalue weighted by Gasteiger charge is 2.35. The van der Waals surface area contributed by atoms with Crippen molar-refractivity contribution in [3.63, 3.8) is 0 Å². The van der Waals surface area contributed by atoms with Gasteiger partial charge in [-0.1, -0.05) is 0 Å². The summed E-state index contributed by atoms with van der Waals surface area (Å²) in [6.45, 7) is 4.74. The number of benzene rings is 1. The standard InChI is InChI=1S/C24H26FN5O4.ClH/c1-12-16(10-29-22-21(12)27-5-6-33-22)15-7-13-8-18(28-11-17(13)20(26)19(15)25)30-23(31)34-14-3-4-24(2,32)9-14;/h7-8,10-11,14,27,32H,3-6,9,26H2,1-2H3,(H,28,30,31);1H/t14-,24+;/m1./s1. The van der Waals surface area contributed by atoms with Crippen LogP contribution in [0.4, 0.5) is 26.4 Å². The first kappa shape index (κ1) is 24.7. The second-order valence-electron chi connectivity index (χ2n) is 9.09. The Hall–Kier alpha value is -3.37. The molecule has 2 atom stereocenters. The fourth-order valence-corrected chi connectivity index (χ4v) is 4.61. The number of ether oxygens (including phenoxy) is 2. The lowest BCUT2D eigenvalue weighted by molar-refractivity contribution is 0.0453. The van der Waals surface area contributed by atoms with Gasteiger partial charge in [0.1, 0.15) is 24.2 Å². The van der Waals surface area contributed by atoms with E-state index in [1.807, 2.05) is 6.92 Å². The van der Waals surface area contributed by atoms with Crippen molar-refractivity contribution in [1.29, 1.82) is 0 Å². The van der Waals surface area contributed by atoms with Crippen molar-refractivity contribution in [2.45, 2.75) is 44.8 Å². The summed E-state index contributed by atoms with van der Waals surface area (Å²) < 4.78 is 26.3. The lowest BCUT2D eigenvalue weighted by Gasteiger charge is -2.22. The zero-order chi connectivity index (χ0) is 24.0. The second-order valence-corrected chi connectivity index (χ2v) is 9.09. The third-order valence-electron chi connectivity index (χ3n) is 6.41. The van der Waals surface area contributed by atoms with Crippen molar-refractivity contribution in [3.05, 3.63) is 35.9 Å². The van der Waals surface area contributed by atoms with Gasteiger partial charge in [0.15, 0.2) is 5.82 Å². The largest absolute Gasteiger partial charge is 0.474 e. The fraction of sp³-hybridized carbons (Fsp3) is 0.375. The van der Waals surface area contributed by atoms with Crippen molar-refractivity contribution in [1.82, 2.24) is 9.97 Å². The van der Waals surface area contributed by atoms with E-state index in [1.165, 1.54) is 6.20 Å². The van der Waals surface area contributed by atoms with Crippen LogP contribution in [0.5, 0.6) is 5.88 Å². The third-order valence-corrected chi connectivity index (χ3v) is 6.41. The number of aliphatic hydroxyl groups is 1. The number of rotatable bonds is 3. The van der Waals surface area contributed by atoms with Gasteiger partial charge in [-0.15, -0.1) is 12.4 Å². The van der Waals surface area contributed by atoms with Gasteiger partial charge in [0, 0.05) is 41.9 Å². The molecule has 1 aliphatic carbocycles. The van der Waals surface area contributed by atoms with Crippen LogP contribution in [0.1, 0.15) is 31.7 Å². The number of nitrogens with one attached hydrogen (secondary N) is 2. The maximum atomic E-state index is 15.3. The van der Waals surface area contributed by atoms with E-state index in [0.29, 0.717) is 54.6 Å². The molecule has 3 aromatic rings. The summed E-state index contributed by atoms with van der Waals surface area (Å²) in [6, 6.07) is 3.27. The Labute approximate surface area is 207 Å².